The first-order valence-corrected chi connectivity index (χ1v) is 5.84. The van der Waals surface area contributed by atoms with Gasteiger partial charge in [0.2, 0.25) is 0 Å². The highest BCUT2D eigenvalue weighted by molar-refractivity contribution is 6.31. The van der Waals surface area contributed by atoms with E-state index in [9.17, 15) is 5.11 Å². The predicted octanol–water partition coefficient (Wildman–Crippen LogP) is 2.11. The van der Waals surface area contributed by atoms with Gasteiger partial charge in [-0.1, -0.05) is 11.6 Å². The fraction of sp³-hybridized carbons (Fsp3) is 0.727. The molecular formula is C11H17ClN2O2. The molecule has 1 saturated carbocycles. The summed E-state index contributed by atoms with van der Waals surface area (Å²) in [4.78, 5) is 0. The highest BCUT2D eigenvalue weighted by Crippen LogP contribution is 2.45. The zero-order valence-corrected chi connectivity index (χ0v) is 10.5. The average Bonchev–Trinajstić information content (AvgIpc) is 2.55. The molecule has 0 aromatic carbocycles. The van der Waals surface area contributed by atoms with Gasteiger partial charge in [-0.15, -0.1) is 0 Å². The van der Waals surface area contributed by atoms with E-state index in [1.165, 1.54) is 0 Å². The third-order valence-corrected chi connectivity index (χ3v) is 3.42. The summed E-state index contributed by atoms with van der Waals surface area (Å²) in [6.45, 7) is 4.03. The Balaban J connectivity index is 2.30. The fourth-order valence-corrected chi connectivity index (χ4v) is 2.53. The number of ether oxygens (including phenoxy) is 1. The lowest BCUT2D eigenvalue weighted by Gasteiger charge is -2.43. The number of aromatic nitrogens is 2. The van der Waals surface area contributed by atoms with E-state index in [1.54, 1.807) is 18.0 Å². The molecule has 0 unspecified atom stereocenters. The lowest BCUT2D eigenvalue weighted by molar-refractivity contribution is -0.137. The molecule has 2 rings (SSSR count). The number of hydrogen-bond acceptors (Lipinski definition) is 3. The van der Waals surface area contributed by atoms with Crippen LogP contribution in [0.15, 0.2) is 6.20 Å². The van der Waals surface area contributed by atoms with Gasteiger partial charge in [0.25, 0.3) is 0 Å². The average molecular weight is 245 g/mol. The summed E-state index contributed by atoms with van der Waals surface area (Å²) in [5.41, 5.74) is -0.157. The zero-order valence-electron chi connectivity index (χ0n) is 9.77. The van der Waals surface area contributed by atoms with Crippen LogP contribution in [-0.2, 0) is 10.3 Å². The monoisotopic (exact) mass is 244 g/mol. The Labute approximate surface area is 100 Å². The molecule has 1 aliphatic carbocycles. The predicted molar refractivity (Wildman–Crippen MR) is 61.5 cm³/mol. The summed E-state index contributed by atoms with van der Waals surface area (Å²) in [7, 11) is 1.66. The largest absolute Gasteiger partial charge is 0.383 e. The van der Waals surface area contributed by atoms with Gasteiger partial charge in [0.1, 0.15) is 5.60 Å². The number of nitrogens with zero attached hydrogens (tertiary/aromatic N) is 2. The number of methoxy groups -OCH3 is 1. The fourth-order valence-electron chi connectivity index (χ4n) is 2.22. The summed E-state index contributed by atoms with van der Waals surface area (Å²) in [5, 5.41) is 15.2. The molecule has 0 atom stereocenters. The van der Waals surface area contributed by atoms with Crippen LogP contribution in [0, 0.1) is 0 Å². The topological polar surface area (TPSA) is 47.3 Å². The van der Waals surface area contributed by atoms with Crippen LogP contribution in [0.1, 0.15) is 38.4 Å². The van der Waals surface area contributed by atoms with Crippen molar-refractivity contribution in [1.82, 2.24) is 9.78 Å². The molecular weight excluding hydrogens is 228 g/mol. The van der Waals surface area contributed by atoms with Crippen molar-refractivity contribution in [2.24, 2.45) is 0 Å². The first kappa shape index (κ1) is 11.9. The standard InChI is InChI=1S/C11H17ClN2O2/c1-7(2)14-10(9(12)6-13-14)11(15)4-8(5-11)16-3/h6-8,15H,4-5H2,1-3H3. The summed E-state index contributed by atoms with van der Waals surface area (Å²) in [5.74, 6) is 0. The van der Waals surface area contributed by atoms with Crippen LogP contribution in [0.25, 0.3) is 0 Å². The number of aliphatic hydroxyl groups is 1. The first-order valence-electron chi connectivity index (χ1n) is 5.46. The second-order valence-electron chi connectivity index (χ2n) is 4.68. The molecule has 0 saturated heterocycles. The van der Waals surface area contributed by atoms with Gasteiger partial charge in [0.15, 0.2) is 0 Å². The van der Waals surface area contributed by atoms with Gasteiger partial charge in [-0.25, -0.2) is 0 Å². The third-order valence-electron chi connectivity index (χ3n) is 3.14. The van der Waals surface area contributed by atoms with Crippen LogP contribution in [0.4, 0.5) is 0 Å². The molecule has 0 amide bonds. The maximum absolute atomic E-state index is 10.5. The first-order chi connectivity index (χ1) is 7.48. The van der Waals surface area contributed by atoms with Crippen molar-refractivity contribution in [3.05, 3.63) is 16.9 Å². The van der Waals surface area contributed by atoms with Gasteiger partial charge in [-0.3, -0.25) is 4.68 Å². The van der Waals surface area contributed by atoms with Crippen molar-refractivity contribution in [1.29, 1.82) is 0 Å². The molecule has 16 heavy (non-hydrogen) atoms. The van der Waals surface area contributed by atoms with E-state index in [2.05, 4.69) is 5.10 Å². The van der Waals surface area contributed by atoms with Crippen LogP contribution in [0.2, 0.25) is 5.02 Å². The lowest BCUT2D eigenvalue weighted by Crippen LogP contribution is -2.47. The van der Waals surface area contributed by atoms with E-state index >= 15 is 0 Å². The number of hydrogen-bond donors (Lipinski definition) is 1. The van der Waals surface area contributed by atoms with Crippen LogP contribution in [-0.4, -0.2) is 28.1 Å². The van der Waals surface area contributed by atoms with E-state index in [-0.39, 0.29) is 12.1 Å². The van der Waals surface area contributed by atoms with Gasteiger partial charge in [0, 0.05) is 26.0 Å². The summed E-state index contributed by atoms with van der Waals surface area (Å²) >= 11 is 6.09. The Hall–Kier alpha value is -0.580. The molecule has 1 fully saturated rings. The van der Waals surface area contributed by atoms with E-state index < -0.39 is 5.60 Å². The van der Waals surface area contributed by atoms with E-state index in [4.69, 9.17) is 16.3 Å². The van der Waals surface area contributed by atoms with Crippen molar-refractivity contribution in [2.45, 2.75) is 44.4 Å². The molecule has 4 nitrogen and oxygen atoms in total. The molecule has 5 heteroatoms. The molecule has 0 bridgehead atoms. The third kappa shape index (κ3) is 1.75. The van der Waals surface area contributed by atoms with E-state index in [0.29, 0.717) is 17.9 Å². The molecule has 0 aliphatic heterocycles. The molecule has 90 valence electrons. The maximum Gasteiger partial charge on any atom is 0.113 e. The minimum atomic E-state index is -0.876. The summed E-state index contributed by atoms with van der Waals surface area (Å²) < 4.78 is 6.97. The van der Waals surface area contributed by atoms with Crippen molar-refractivity contribution in [3.63, 3.8) is 0 Å². The molecule has 0 spiro atoms. The minimum Gasteiger partial charge on any atom is -0.383 e. The summed E-state index contributed by atoms with van der Waals surface area (Å²) in [6.07, 6.45) is 2.88. The Kier molecular flexibility index (Phi) is 2.99. The normalized spacial score (nSPS) is 29.5. The SMILES string of the molecule is COC1CC(O)(c2c(Cl)cnn2C(C)C)C1. The Morgan fingerprint density at radius 3 is 2.75 bits per heavy atom. The summed E-state index contributed by atoms with van der Waals surface area (Å²) in [6, 6.07) is 0.188. The maximum atomic E-state index is 10.5. The Morgan fingerprint density at radius 1 is 1.62 bits per heavy atom. The van der Waals surface area contributed by atoms with Gasteiger partial charge >= 0.3 is 0 Å². The van der Waals surface area contributed by atoms with Gasteiger partial charge in [0.05, 0.1) is 23.0 Å². The molecule has 1 heterocycles. The van der Waals surface area contributed by atoms with Gasteiger partial charge in [-0.2, -0.15) is 5.10 Å². The molecule has 0 radical (unpaired) electrons. The quantitative estimate of drug-likeness (QED) is 0.886. The molecule has 1 aromatic rings. The van der Waals surface area contributed by atoms with E-state index in [0.717, 1.165) is 5.69 Å². The van der Waals surface area contributed by atoms with Gasteiger partial charge in [-0.05, 0) is 13.8 Å². The molecule has 1 aliphatic rings. The van der Waals surface area contributed by atoms with Crippen molar-refractivity contribution in [3.8, 4) is 0 Å². The highest BCUT2D eigenvalue weighted by Gasteiger charge is 2.48. The zero-order chi connectivity index (χ0) is 11.9. The number of rotatable bonds is 3. The molecule has 1 N–H and O–H groups in total. The second kappa shape index (κ2) is 4.02. The van der Waals surface area contributed by atoms with Crippen LogP contribution in [0.5, 0.6) is 0 Å². The van der Waals surface area contributed by atoms with Gasteiger partial charge < -0.3 is 9.84 Å². The lowest BCUT2D eigenvalue weighted by atomic mass is 9.75. The smallest absolute Gasteiger partial charge is 0.113 e. The van der Waals surface area contributed by atoms with Crippen LogP contribution in [0.3, 0.4) is 0 Å². The Bertz CT molecular complexity index is 383. The highest BCUT2D eigenvalue weighted by atomic mass is 35.5. The van der Waals surface area contributed by atoms with Crippen molar-refractivity contribution in [2.75, 3.05) is 7.11 Å². The second-order valence-corrected chi connectivity index (χ2v) is 5.08. The van der Waals surface area contributed by atoms with Crippen molar-refractivity contribution >= 4 is 11.6 Å². The van der Waals surface area contributed by atoms with Crippen LogP contribution >= 0.6 is 11.6 Å². The van der Waals surface area contributed by atoms with Crippen LogP contribution < -0.4 is 0 Å². The molecule has 1 aromatic heterocycles. The van der Waals surface area contributed by atoms with E-state index in [1.807, 2.05) is 13.8 Å². The Morgan fingerprint density at radius 2 is 2.25 bits per heavy atom. The van der Waals surface area contributed by atoms with Crippen molar-refractivity contribution < 1.29 is 9.84 Å². The number of halogens is 1. The minimum absolute atomic E-state index is 0.122.